The Morgan fingerprint density at radius 2 is 2.40 bits per heavy atom. The standard InChI is InChI=1S/C5H7FN3O/c1-4(10)5(6)9-3-7-2-8-9/h2-5,10H,1H2. The van der Waals surface area contributed by atoms with E-state index >= 15 is 0 Å². The van der Waals surface area contributed by atoms with Crippen LogP contribution in [0.5, 0.6) is 0 Å². The molecule has 55 valence electrons. The van der Waals surface area contributed by atoms with Crippen molar-refractivity contribution in [3.63, 3.8) is 0 Å². The highest BCUT2D eigenvalue weighted by atomic mass is 19.1. The molecule has 0 spiro atoms. The lowest BCUT2D eigenvalue weighted by molar-refractivity contribution is 0.0574. The van der Waals surface area contributed by atoms with Crippen molar-refractivity contribution >= 4 is 0 Å². The highest BCUT2D eigenvalue weighted by Gasteiger charge is 2.14. The summed E-state index contributed by atoms with van der Waals surface area (Å²) < 4.78 is 13.5. The molecule has 0 aliphatic rings. The topological polar surface area (TPSA) is 50.9 Å². The average molecular weight is 144 g/mol. The maximum Gasteiger partial charge on any atom is 0.218 e. The van der Waals surface area contributed by atoms with Gasteiger partial charge in [-0.2, -0.15) is 5.10 Å². The fourth-order valence-electron chi connectivity index (χ4n) is 0.521. The van der Waals surface area contributed by atoms with Crippen molar-refractivity contribution < 1.29 is 9.50 Å². The van der Waals surface area contributed by atoms with Crippen LogP contribution in [0.25, 0.3) is 0 Å². The fraction of sp³-hybridized carbons (Fsp3) is 0.400. The van der Waals surface area contributed by atoms with Crippen LogP contribution in [0.2, 0.25) is 0 Å². The molecule has 0 bridgehead atoms. The second-order valence-corrected chi connectivity index (χ2v) is 1.82. The highest BCUT2D eigenvalue weighted by Crippen LogP contribution is 2.09. The maximum absolute atomic E-state index is 12.6. The summed E-state index contributed by atoms with van der Waals surface area (Å²) in [5.41, 5.74) is 0. The average Bonchev–Trinajstić information content (AvgIpc) is 2.36. The number of halogens is 1. The molecule has 5 heteroatoms. The lowest BCUT2D eigenvalue weighted by Gasteiger charge is -2.09. The van der Waals surface area contributed by atoms with Gasteiger partial charge in [-0.15, -0.1) is 0 Å². The minimum Gasteiger partial charge on any atom is -0.388 e. The largest absolute Gasteiger partial charge is 0.388 e. The molecular weight excluding hydrogens is 137 g/mol. The molecule has 2 unspecified atom stereocenters. The minimum atomic E-state index is -1.61. The van der Waals surface area contributed by atoms with Gasteiger partial charge in [-0.3, -0.25) is 0 Å². The number of alkyl halides is 1. The van der Waals surface area contributed by atoms with E-state index in [4.69, 9.17) is 5.11 Å². The first kappa shape index (κ1) is 7.14. The molecule has 10 heavy (non-hydrogen) atoms. The van der Waals surface area contributed by atoms with Crippen molar-refractivity contribution in [2.75, 3.05) is 0 Å². The number of nitrogens with zero attached hydrogens (tertiary/aromatic N) is 3. The molecule has 0 fully saturated rings. The minimum absolute atomic E-state index is 0.900. The third kappa shape index (κ3) is 1.30. The smallest absolute Gasteiger partial charge is 0.218 e. The summed E-state index contributed by atoms with van der Waals surface area (Å²) >= 11 is 0. The van der Waals surface area contributed by atoms with Gasteiger partial charge in [0.25, 0.3) is 0 Å². The van der Waals surface area contributed by atoms with Gasteiger partial charge < -0.3 is 5.11 Å². The molecule has 0 aliphatic heterocycles. The van der Waals surface area contributed by atoms with Crippen molar-refractivity contribution in [1.82, 2.24) is 14.8 Å². The van der Waals surface area contributed by atoms with Crippen molar-refractivity contribution in [2.24, 2.45) is 0 Å². The van der Waals surface area contributed by atoms with Crippen LogP contribution in [0, 0.1) is 6.92 Å². The number of hydrogen-bond acceptors (Lipinski definition) is 3. The number of hydrogen-bond donors (Lipinski definition) is 1. The first-order valence-corrected chi connectivity index (χ1v) is 2.71. The van der Waals surface area contributed by atoms with E-state index in [1.165, 1.54) is 12.7 Å². The van der Waals surface area contributed by atoms with Crippen LogP contribution >= 0.6 is 0 Å². The summed E-state index contributed by atoms with van der Waals surface area (Å²) in [5.74, 6) is 0. The summed E-state index contributed by atoms with van der Waals surface area (Å²) in [4.78, 5) is 3.50. The Balaban J connectivity index is 2.68. The fourth-order valence-corrected chi connectivity index (χ4v) is 0.521. The Morgan fingerprint density at radius 1 is 1.70 bits per heavy atom. The zero-order valence-corrected chi connectivity index (χ0v) is 5.18. The molecule has 1 rings (SSSR count). The molecule has 1 heterocycles. The number of aliphatic hydroxyl groups is 1. The first-order chi connectivity index (χ1) is 4.72. The molecule has 0 aliphatic carbocycles. The second kappa shape index (κ2) is 2.74. The van der Waals surface area contributed by atoms with E-state index in [0.717, 1.165) is 4.68 Å². The van der Waals surface area contributed by atoms with E-state index in [-0.39, 0.29) is 0 Å². The van der Waals surface area contributed by atoms with Crippen molar-refractivity contribution in [1.29, 1.82) is 0 Å². The Kier molecular flexibility index (Phi) is 1.96. The molecule has 4 nitrogen and oxygen atoms in total. The SMILES string of the molecule is [CH2]C(O)C(F)n1cncn1. The van der Waals surface area contributed by atoms with Gasteiger partial charge in [-0.05, 0) is 6.92 Å². The van der Waals surface area contributed by atoms with Crippen LogP contribution < -0.4 is 0 Å². The zero-order chi connectivity index (χ0) is 7.56. The molecule has 0 aromatic carbocycles. The third-order valence-electron chi connectivity index (χ3n) is 1.01. The van der Waals surface area contributed by atoms with Gasteiger partial charge in [0.15, 0.2) is 0 Å². The summed E-state index contributed by atoms with van der Waals surface area (Å²) in [6.07, 6.45) is -0.544. The van der Waals surface area contributed by atoms with E-state index < -0.39 is 12.4 Å². The molecule has 0 saturated carbocycles. The number of aromatic nitrogens is 3. The molecule has 2 atom stereocenters. The van der Waals surface area contributed by atoms with Crippen LogP contribution in [0.4, 0.5) is 4.39 Å². The predicted molar refractivity (Wildman–Crippen MR) is 31.5 cm³/mol. The molecule has 1 radical (unpaired) electrons. The van der Waals surface area contributed by atoms with Gasteiger partial charge in [0.1, 0.15) is 18.8 Å². The van der Waals surface area contributed by atoms with Crippen LogP contribution in [-0.2, 0) is 0 Å². The maximum atomic E-state index is 12.6. The summed E-state index contributed by atoms with van der Waals surface area (Å²) in [5, 5.41) is 12.1. The normalized spacial score (nSPS) is 16.7. The molecule has 0 saturated heterocycles. The quantitative estimate of drug-likeness (QED) is 0.632. The van der Waals surface area contributed by atoms with Gasteiger partial charge in [-0.25, -0.2) is 14.1 Å². The van der Waals surface area contributed by atoms with Crippen LogP contribution in [-0.4, -0.2) is 26.0 Å². The Morgan fingerprint density at radius 3 is 2.80 bits per heavy atom. The molecule has 1 aromatic heterocycles. The lowest BCUT2D eigenvalue weighted by atomic mass is 10.4. The van der Waals surface area contributed by atoms with Gasteiger partial charge in [0.05, 0.1) is 0 Å². The predicted octanol–water partition coefficient (Wildman–Crippen LogP) is -0.0588. The van der Waals surface area contributed by atoms with Gasteiger partial charge in [0, 0.05) is 0 Å². The van der Waals surface area contributed by atoms with Crippen molar-refractivity contribution in [2.45, 2.75) is 12.4 Å². The summed E-state index contributed by atoms with van der Waals surface area (Å²) in [6, 6.07) is 0. The van der Waals surface area contributed by atoms with E-state index in [0.29, 0.717) is 0 Å². The second-order valence-electron chi connectivity index (χ2n) is 1.82. The number of rotatable bonds is 2. The monoisotopic (exact) mass is 144 g/mol. The van der Waals surface area contributed by atoms with Crippen molar-refractivity contribution in [3.8, 4) is 0 Å². The number of aliphatic hydroxyl groups excluding tert-OH is 1. The third-order valence-corrected chi connectivity index (χ3v) is 1.01. The van der Waals surface area contributed by atoms with Gasteiger partial charge >= 0.3 is 0 Å². The molecule has 1 N–H and O–H groups in total. The van der Waals surface area contributed by atoms with Gasteiger partial charge in [-0.1, -0.05) is 0 Å². The van der Waals surface area contributed by atoms with E-state index in [9.17, 15) is 4.39 Å². The lowest BCUT2D eigenvalue weighted by Crippen LogP contribution is -2.17. The van der Waals surface area contributed by atoms with Gasteiger partial charge in [0.2, 0.25) is 6.30 Å². The zero-order valence-electron chi connectivity index (χ0n) is 5.18. The Bertz CT molecular complexity index is 187. The van der Waals surface area contributed by atoms with E-state index in [2.05, 4.69) is 17.0 Å². The van der Waals surface area contributed by atoms with Crippen LogP contribution in [0.3, 0.4) is 0 Å². The Labute approximate surface area is 57.3 Å². The Hall–Kier alpha value is -0.970. The van der Waals surface area contributed by atoms with Crippen molar-refractivity contribution in [3.05, 3.63) is 19.6 Å². The molecule has 0 amide bonds. The first-order valence-electron chi connectivity index (χ1n) is 2.71. The highest BCUT2D eigenvalue weighted by molar-refractivity contribution is 4.68. The van der Waals surface area contributed by atoms with E-state index in [1.807, 2.05) is 0 Å². The summed E-state index contributed by atoms with van der Waals surface area (Å²) in [6.45, 7) is 3.09. The van der Waals surface area contributed by atoms with Crippen LogP contribution in [0.15, 0.2) is 12.7 Å². The van der Waals surface area contributed by atoms with E-state index in [1.54, 1.807) is 0 Å². The molecular formula is C5H7FN3O. The van der Waals surface area contributed by atoms with Crippen LogP contribution in [0.1, 0.15) is 6.30 Å². The molecule has 1 aromatic rings. The summed E-state index contributed by atoms with van der Waals surface area (Å²) in [7, 11) is 0.